The summed E-state index contributed by atoms with van der Waals surface area (Å²) < 4.78 is 40.0. The molecule has 0 spiro atoms. The van der Waals surface area contributed by atoms with Crippen LogP contribution < -0.4 is 15.8 Å². The largest absolute Gasteiger partial charge is 0.399 e. The van der Waals surface area contributed by atoms with Crippen LogP contribution in [0.5, 0.6) is 0 Å². The van der Waals surface area contributed by atoms with Crippen LogP contribution in [0.4, 0.5) is 14.9 Å². The molecule has 118 valence electrons. The monoisotopic (exact) mass is 318 g/mol. The number of amides is 2. The minimum Gasteiger partial charge on any atom is -0.399 e. The zero-order valence-electron chi connectivity index (χ0n) is 12.1. The van der Waals surface area contributed by atoms with E-state index in [1.807, 2.05) is 0 Å². The third-order valence-electron chi connectivity index (χ3n) is 2.71. The first kappa shape index (κ1) is 17.2. The summed E-state index contributed by atoms with van der Waals surface area (Å²) in [7, 11) is -0.753. The quantitative estimate of drug-likeness (QED) is 0.535. The van der Waals surface area contributed by atoms with E-state index in [9.17, 15) is 17.6 Å². The smallest absolute Gasteiger partial charge is 0.316 e. The van der Waals surface area contributed by atoms with Crippen LogP contribution in [0.15, 0.2) is 17.0 Å². The van der Waals surface area contributed by atoms with Crippen molar-refractivity contribution in [2.24, 2.45) is 0 Å². The van der Waals surface area contributed by atoms with Gasteiger partial charge in [-0.3, -0.25) is 0 Å². The molecule has 0 aliphatic carbocycles. The number of urea groups is 1. The average molecular weight is 318 g/mol. The van der Waals surface area contributed by atoms with E-state index in [-0.39, 0.29) is 35.3 Å². The molecule has 1 aromatic rings. The second kappa shape index (κ2) is 6.72. The van der Waals surface area contributed by atoms with Gasteiger partial charge in [-0.15, -0.1) is 0 Å². The lowest BCUT2D eigenvalue weighted by atomic mass is 10.2. The second-order valence-corrected chi connectivity index (χ2v) is 6.39. The molecule has 0 atom stereocenters. The summed E-state index contributed by atoms with van der Waals surface area (Å²) in [5, 5.41) is 2.50. The molecule has 0 aliphatic heterocycles. The van der Waals surface area contributed by atoms with E-state index < -0.39 is 15.8 Å². The molecule has 0 unspecified atom stereocenters. The van der Waals surface area contributed by atoms with Gasteiger partial charge in [0.2, 0.25) is 10.0 Å². The number of carbonyl (C=O) groups is 1. The van der Waals surface area contributed by atoms with Gasteiger partial charge in [0, 0.05) is 38.4 Å². The number of sulfonamides is 1. The Morgan fingerprint density at radius 2 is 1.95 bits per heavy atom. The van der Waals surface area contributed by atoms with Crippen molar-refractivity contribution in [3.63, 3.8) is 0 Å². The number of carbonyl (C=O) groups excluding carboxylic acids is 1. The van der Waals surface area contributed by atoms with Crippen molar-refractivity contribution in [1.82, 2.24) is 14.9 Å². The van der Waals surface area contributed by atoms with Crippen molar-refractivity contribution in [2.45, 2.75) is 11.8 Å². The van der Waals surface area contributed by atoms with Crippen LogP contribution in [0.1, 0.15) is 5.56 Å². The molecule has 7 nitrogen and oxygen atoms in total. The van der Waals surface area contributed by atoms with Crippen LogP contribution in [-0.4, -0.2) is 46.5 Å². The highest BCUT2D eigenvalue weighted by Gasteiger charge is 2.19. The zero-order valence-corrected chi connectivity index (χ0v) is 12.9. The van der Waals surface area contributed by atoms with Crippen molar-refractivity contribution in [3.8, 4) is 0 Å². The molecule has 0 radical (unpaired) electrons. The number of hydrogen-bond donors (Lipinski definition) is 3. The lowest BCUT2D eigenvalue weighted by Crippen LogP contribution is -2.39. The number of halogens is 1. The molecule has 0 aliphatic rings. The Kier molecular flexibility index (Phi) is 5.50. The van der Waals surface area contributed by atoms with E-state index in [1.54, 1.807) is 14.1 Å². The Hall–Kier alpha value is -1.87. The summed E-state index contributed by atoms with van der Waals surface area (Å²) in [6, 6.07) is 1.92. The van der Waals surface area contributed by atoms with Crippen LogP contribution in [0.3, 0.4) is 0 Å². The molecule has 9 heteroatoms. The Morgan fingerprint density at radius 3 is 2.52 bits per heavy atom. The highest BCUT2D eigenvalue weighted by Crippen LogP contribution is 2.21. The minimum absolute atomic E-state index is 0.00553. The minimum atomic E-state index is -3.89. The van der Waals surface area contributed by atoms with Gasteiger partial charge < -0.3 is 16.0 Å². The van der Waals surface area contributed by atoms with E-state index in [0.717, 1.165) is 6.07 Å². The van der Waals surface area contributed by atoms with Crippen molar-refractivity contribution in [1.29, 1.82) is 0 Å². The standard InChI is InChI=1S/C12H19FN4O3S/c1-8-10(13)6-9(14)7-11(8)21(19,20)16-5-4-15-12(18)17(2)3/h6-7,16H,4-5,14H2,1-3H3,(H,15,18). The van der Waals surface area contributed by atoms with Gasteiger partial charge in [-0.25, -0.2) is 22.3 Å². The van der Waals surface area contributed by atoms with Crippen LogP contribution in [0.2, 0.25) is 0 Å². The van der Waals surface area contributed by atoms with Gasteiger partial charge in [-0.2, -0.15) is 0 Å². The number of nitrogens with one attached hydrogen (secondary N) is 2. The van der Waals surface area contributed by atoms with Crippen molar-refractivity contribution in [3.05, 3.63) is 23.5 Å². The summed E-state index contributed by atoms with van der Waals surface area (Å²) in [6.07, 6.45) is 0. The topological polar surface area (TPSA) is 105 Å². The number of nitrogen functional groups attached to an aromatic ring is 1. The third-order valence-corrected chi connectivity index (χ3v) is 4.30. The summed E-state index contributed by atoms with van der Waals surface area (Å²) >= 11 is 0. The van der Waals surface area contributed by atoms with E-state index >= 15 is 0 Å². The maximum absolute atomic E-state index is 13.5. The Labute approximate surface area is 123 Å². The van der Waals surface area contributed by atoms with Crippen molar-refractivity contribution < 1.29 is 17.6 Å². The molecule has 0 bridgehead atoms. The molecule has 0 saturated heterocycles. The van der Waals surface area contributed by atoms with Crippen LogP contribution >= 0.6 is 0 Å². The average Bonchev–Trinajstić information content (AvgIpc) is 2.38. The first-order chi connectivity index (χ1) is 9.65. The molecule has 4 N–H and O–H groups in total. The van der Waals surface area contributed by atoms with Crippen molar-refractivity contribution >= 4 is 21.7 Å². The molecule has 0 saturated carbocycles. The zero-order chi connectivity index (χ0) is 16.2. The molecule has 1 aromatic carbocycles. The van der Waals surface area contributed by atoms with E-state index in [4.69, 9.17) is 5.73 Å². The molecule has 0 aromatic heterocycles. The Bertz CT molecular complexity index is 632. The summed E-state index contributed by atoms with van der Waals surface area (Å²) in [5.74, 6) is -0.684. The second-order valence-electron chi connectivity index (χ2n) is 4.65. The van der Waals surface area contributed by atoms with Gasteiger partial charge in [0.25, 0.3) is 0 Å². The number of rotatable bonds is 5. The maximum Gasteiger partial charge on any atom is 0.316 e. The van der Waals surface area contributed by atoms with E-state index in [2.05, 4.69) is 10.0 Å². The van der Waals surface area contributed by atoms with E-state index in [0.29, 0.717) is 0 Å². The van der Waals surface area contributed by atoms with Gasteiger partial charge in [0.15, 0.2) is 0 Å². The SMILES string of the molecule is Cc1c(F)cc(N)cc1S(=O)(=O)NCCNC(=O)N(C)C. The van der Waals surface area contributed by atoms with Crippen LogP contribution in [0.25, 0.3) is 0 Å². The number of anilines is 1. The predicted octanol–water partition coefficient (Wildman–Crippen LogP) is 0.266. The molecule has 0 heterocycles. The fraction of sp³-hybridized carbons (Fsp3) is 0.417. The van der Waals surface area contributed by atoms with Gasteiger partial charge in [0.05, 0.1) is 4.90 Å². The highest BCUT2D eigenvalue weighted by atomic mass is 32.2. The number of nitrogens with two attached hydrogens (primary N) is 1. The lowest BCUT2D eigenvalue weighted by molar-refractivity contribution is 0.217. The maximum atomic E-state index is 13.5. The molecular formula is C12H19FN4O3S. The first-order valence-corrected chi connectivity index (χ1v) is 7.64. The van der Waals surface area contributed by atoms with Gasteiger partial charge >= 0.3 is 6.03 Å². The summed E-state index contributed by atoms with van der Waals surface area (Å²) in [6.45, 7) is 1.45. The van der Waals surface area contributed by atoms with Gasteiger partial charge in [0.1, 0.15) is 5.82 Å². The molecule has 1 rings (SSSR count). The normalized spacial score (nSPS) is 11.2. The predicted molar refractivity (Wildman–Crippen MR) is 77.8 cm³/mol. The molecule has 21 heavy (non-hydrogen) atoms. The Morgan fingerprint density at radius 1 is 1.33 bits per heavy atom. The number of benzene rings is 1. The fourth-order valence-corrected chi connectivity index (χ4v) is 2.86. The van der Waals surface area contributed by atoms with Crippen molar-refractivity contribution in [2.75, 3.05) is 32.9 Å². The third kappa shape index (κ3) is 4.57. The lowest BCUT2D eigenvalue weighted by Gasteiger charge is -2.13. The summed E-state index contributed by atoms with van der Waals surface area (Å²) in [5.41, 5.74) is 5.48. The van der Waals surface area contributed by atoms with Crippen LogP contribution in [0, 0.1) is 12.7 Å². The number of nitrogens with zero attached hydrogens (tertiary/aromatic N) is 1. The summed E-state index contributed by atoms with van der Waals surface area (Å²) in [4.78, 5) is 12.4. The molecule has 0 fully saturated rings. The van der Waals surface area contributed by atoms with Gasteiger partial charge in [-0.1, -0.05) is 0 Å². The molecular weight excluding hydrogens is 299 g/mol. The first-order valence-electron chi connectivity index (χ1n) is 6.15. The van der Waals surface area contributed by atoms with Crippen LogP contribution in [-0.2, 0) is 10.0 Å². The van der Waals surface area contributed by atoms with E-state index in [1.165, 1.54) is 17.9 Å². The molecule has 2 amide bonds. The highest BCUT2D eigenvalue weighted by molar-refractivity contribution is 7.89. The van der Waals surface area contributed by atoms with Gasteiger partial charge in [-0.05, 0) is 19.1 Å². The Balaban J connectivity index is 2.73. The number of hydrogen-bond acceptors (Lipinski definition) is 4. The fourth-order valence-electron chi connectivity index (χ4n) is 1.54.